The fourth-order valence-corrected chi connectivity index (χ4v) is 0.882. The molecule has 0 aliphatic carbocycles. The van der Waals surface area contributed by atoms with Crippen LogP contribution in [-0.2, 0) is 14.4 Å². The molecule has 6 nitrogen and oxygen atoms in total. The molecule has 0 heterocycles. The molecule has 0 radical (unpaired) electrons. The van der Waals surface area contributed by atoms with Crippen LogP contribution in [0.4, 0.5) is 0 Å². The zero-order chi connectivity index (χ0) is 17.6. The van der Waals surface area contributed by atoms with Gasteiger partial charge in [0.05, 0.1) is 17.3 Å². The topological polar surface area (TPSA) is 112 Å². The van der Waals surface area contributed by atoms with Crippen LogP contribution in [0.25, 0.3) is 0 Å². The predicted octanol–water partition coefficient (Wildman–Crippen LogP) is 3.11. The fourth-order valence-electron chi connectivity index (χ4n) is 0.882. The van der Waals surface area contributed by atoms with Crippen molar-refractivity contribution in [2.45, 2.75) is 41.5 Å². The van der Waals surface area contributed by atoms with Crippen molar-refractivity contribution in [3.8, 4) is 0 Å². The van der Waals surface area contributed by atoms with Crippen molar-refractivity contribution in [1.82, 2.24) is 0 Å². The van der Waals surface area contributed by atoms with Crippen molar-refractivity contribution < 1.29 is 76.6 Å². The summed E-state index contributed by atoms with van der Waals surface area (Å²) in [7, 11) is 0. The first-order valence-electron chi connectivity index (χ1n) is 6.02. The number of carbonyl (C=O) groups excluding carboxylic acids is 3. The molecule has 0 aliphatic heterocycles. The molecule has 0 rings (SSSR count). The number of allylic oxidation sites excluding steroid dienone is 6. The monoisotopic (exact) mass is 474 g/mol. The van der Waals surface area contributed by atoms with Gasteiger partial charge in [-0.05, 0) is 41.5 Å². The van der Waals surface area contributed by atoms with Crippen LogP contribution in [0.15, 0.2) is 35.5 Å². The molecule has 0 saturated heterocycles. The molecule has 0 fully saturated rings. The van der Waals surface area contributed by atoms with E-state index in [9.17, 15) is 14.4 Å². The van der Waals surface area contributed by atoms with Gasteiger partial charge in [-0.15, -0.1) is 0 Å². The molecule has 0 aromatic rings. The summed E-state index contributed by atoms with van der Waals surface area (Å²) in [6, 6.07) is 0. The van der Waals surface area contributed by atoms with E-state index in [2.05, 4.69) is 0 Å². The quantitative estimate of drug-likeness (QED) is 0.429. The Morgan fingerprint density at radius 1 is 0.545 bits per heavy atom. The van der Waals surface area contributed by atoms with Crippen molar-refractivity contribution in [3.05, 3.63) is 35.5 Å². The summed E-state index contributed by atoms with van der Waals surface area (Å²) in [5.74, 6) is -0.187. The first-order chi connectivity index (χ1) is 9.38. The Morgan fingerprint density at radius 3 is 0.682 bits per heavy atom. The fraction of sp³-hybridized carbons (Fsp3) is 0.400. The Labute approximate surface area is 169 Å². The van der Waals surface area contributed by atoms with Gasteiger partial charge >= 0.3 is 0 Å². The normalized spacial score (nSPS) is 10.9. The van der Waals surface area contributed by atoms with E-state index < -0.39 is 0 Å². The molecule has 0 bridgehead atoms. The third-order valence-electron chi connectivity index (χ3n) is 1.24. The summed E-state index contributed by atoms with van der Waals surface area (Å²) in [6.45, 7) is 8.54. The van der Waals surface area contributed by atoms with Gasteiger partial charge in [-0.3, -0.25) is 14.4 Å². The van der Waals surface area contributed by atoms with Gasteiger partial charge in [-0.25, -0.2) is 0 Å². The van der Waals surface area contributed by atoms with E-state index in [1.165, 1.54) is 59.8 Å². The minimum Gasteiger partial charge on any atom is -0.512 e. The minimum absolute atomic E-state index is 0. The van der Waals surface area contributed by atoms with Crippen LogP contribution in [0.1, 0.15) is 41.5 Å². The van der Waals surface area contributed by atoms with Gasteiger partial charge in [0.1, 0.15) is 0 Å². The molecule has 0 aliphatic rings. The van der Waals surface area contributed by atoms with Gasteiger partial charge in [0.25, 0.3) is 0 Å². The predicted molar refractivity (Wildman–Crippen MR) is 81.2 cm³/mol. The van der Waals surface area contributed by atoms with Gasteiger partial charge in [-0.1, -0.05) is 0 Å². The van der Waals surface area contributed by atoms with Crippen molar-refractivity contribution in [2.75, 3.05) is 0 Å². The standard InChI is InChI=1S/3C5H8O2.Yb/c3*1-4(6)3-5(2)7;/h3*3,6H,1-2H3;/b4-3+;2*4-3-;. The first kappa shape index (κ1) is 29.2. The van der Waals surface area contributed by atoms with Crippen molar-refractivity contribution in [2.24, 2.45) is 0 Å². The van der Waals surface area contributed by atoms with Crippen LogP contribution in [0, 0.1) is 46.9 Å². The molecule has 3 N–H and O–H groups in total. The molecule has 22 heavy (non-hydrogen) atoms. The molecule has 0 atom stereocenters. The molecule has 0 saturated carbocycles. The van der Waals surface area contributed by atoms with E-state index in [1.807, 2.05) is 0 Å². The number of ketones is 3. The van der Waals surface area contributed by atoms with Crippen molar-refractivity contribution in [3.63, 3.8) is 0 Å². The zero-order valence-electron chi connectivity index (χ0n) is 13.6. The van der Waals surface area contributed by atoms with Crippen LogP contribution in [0.3, 0.4) is 0 Å². The molecule has 0 amide bonds. The van der Waals surface area contributed by atoms with E-state index in [0.717, 1.165) is 0 Å². The SMILES string of the molecule is CC(=O)/C=C(/C)O.CC(=O)/C=C(/C)O.CC(=O)/C=C(\C)O.[Yb]. The van der Waals surface area contributed by atoms with Gasteiger partial charge in [0.15, 0.2) is 17.3 Å². The van der Waals surface area contributed by atoms with E-state index >= 15 is 0 Å². The number of hydrogen-bond acceptors (Lipinski definition) is 6. The van der Waals surface area contributed by atoms with E-state index in [0.29, 0.717) is 0 Å². The van der Waals surface area contributed by atoms with Crippen molar-refractivity contribution >= 4 is 17.3 Å². The third-order valence-corrected chi connectivity index (χ3v) is 1.24. The molecule has 134 valence electrons. The summed E-state index contributed by atoms with van der Waals surface area (Å²) in [5.41, 5.74) is 0. The van der Waals surface area contributed by atoms with E-state index in [-0.39, 0.29) is 81.6 Å². The van der Waals surface area contributed by atoms with Crippen LogP contribution in [0.5, 0.6) is 0 Å². The molecule has 7 heteroatoms. The third kappa shape index (κ3) is 50.7. The van der Waals surface area contributed by atoms with Crippen LogP contribution in [-0.4, -0.2) is 32.7 Å². The van der Waals surface area contributed by atoms with Crippen LogP contribution in [0.2, 0.25) is 0 Å². The number of rotatable bonds is 3. The summed E-state index contributed by atoms with van der Waals surface area (Å²) in [4.78, 5) is 30.1. The van der Waals surface area contributed by atoms with Gasteiger partial charge in [-0.2, -0.15) is 0 Å². The van der Waals surface area contributed by atoms with E-state index in [4.69, 9.17) is 15.3 Å². The second kappa shape index (κ2) is 18.2. The Balaban J connectivity index is -0.000000108. The van der Waals surface area contributed by atoms with E-state index in [1.54, 1.807) is 0 Å². The second-order valence-electron chi connectivity index (χ2n) is 4.19. The summed E-state index contributed by atoms with van der Waals surface area (Å²) in [5, 5.41) is 25.1. The number of carbonyl (C=O) groups is 3. The summed E-state index contributed by atoms with van der Waals surface area (Å²) >= 11 is 0. The number of hydrogen-bond donors (Lipinski definition) is 3. The van der Waals surface area contributed by atoms with Gasteiger partial charge in [0, 0.05) is 65.2 Å². The minimum atomic E-state index is -0.125. The Kier molecular flexibility index (Phi) is 24.2. The van der Waals surface area contributed by atoms with Crippen LogP contribution < -0.4 is 0 Å². The zero-order valence-corrected chi connectivity index (χ0v) is 15.3. The molecule has 0 aromatic carbocycles. The van der Waals surface area contributed by atoms with Gasteiger partial charge in [0.2, 0.25) is 0 Å². The van der Waals surface area contributed by atoms with Gasteiger partial charge < -0.3 is 15.3 Å². The number of aliphatic hydroxyl groups is 3. The molecule has 0 unspecified atom stereocenters. The molecule has 0 spiro atoms. The molecular weight excluding hydrogens is 449 g/mol. The maximum atomic E-state index is 10.0. The summed E-state index contributed by atoms with van der Waals surface area (Å²) < 4.78 is 0. The largest absolute Gasteiger partial charge is 0.512 e. The Bertz CT molecular complexity index is 368. The van der Waals surface area contributed by atoms with Crippen LogP contribution >= 0.6 is 0 Å². The maximum Gasteiger partial charge on any atom is 0.155 e. The number of aliphatic hydroxyl groups excluding tert-OH is 3. The first-order valence-corrected chi connectivity index (χ1v) is 6.02. The maximum absolute atomic E-state index is 10.0. The average molecular weight is 473 g/mol. The molecule has 0 aromatic heterocycles. The molecular formula is C15H24O6Yb. The Morgan fingerprint density at radius 2 is 0.682 bits per heavy atom. The second-order valence-corrected chi connectivity index (χ2v) is 4.19. The Hall–Kier alpha value is -0.851. The summed E-state index contributed by atoms with van der Waals surface area (Å²) in [6.07, 6.45) is 3.50. The van der Waals surface area contributed by atoms with Crippen molar-refractivity contribution in [1.29, 1.82) is 0 Å². The smallest absolute Gasteiger partial charge is 0.155 e. The average Bonchev–Trinajstić information content (AvgIpc) is 2.10.